The Labute approximate surface area is 104 Å². The van der Waals surface area contributed by atoms with Crippen LogP contribution in [-0.2, 0) is 0 Å². The average molecular weight is 241 g/mol. The Kier molecular flexibility index (Phi) is 1.91. The molecular formula is C14H9O4. The Hall–Kier alpha value is -2.36. The van der Waals surface area contributed by atoms with Crippen LogP contribution in [0.3, 0.4) is 0 Å². The van der Waals surface area contributed by atoms with Gasteiger partial charge in [-0.15, -0.1) is 0 Å². The topological polar surface area (TPSA) is 36.9 Å². The van der Waals surface area contributed by atoms with Crippen LogP contribution in [0.2, 0.25) is 0 Å². The molecular weight excluding hydrogens is 232 g/mol. The molecule has 1 unspecified atom stereocenters. The fourth-order valence-electron chi connectivity index (χ4n) is 2.01. The highest BCUT2D eigenvalue weighted by Gasteiger charge is 2.39. The van der Waals surface area contributed by atoms with E-state index < -0.39 is 12.6 Å². The van der Waals surface area contributed by atoms with Gasteiger partial charge in [-0.2, -0.15) is 0 Å². The third kappa shape index (κ3) is 1.39. The predicted molar refractivity (Wildman–Crippen MR) is 61.8 cm³/mol. The largest absolute Gasteiger partial charge is 0.444 e. The van der Waals surface area contributed by atoms with Gasteiger partial charge < -0.3 is 18.9 Å². The van der Waals surface area contributed by atoms with E-state index in [1.165, 1.54) is 0 Å². The summed E-state index contributed by atoms with van der Waals surface area (Å²) in [5.41, 5.74) is 0. The standard InChI is InChI=1S/C14H9O4/c1-2-6-10-9(5-1)15-13(16-10)14-17-11-7-3-4-8-12(11)18-14/h1-3,5-8,13-14H. The van der Waals surface area contributed by atoms with Gasteiger partial charge in [0, 0.05) is 0 Å². The maximum atomic E-state index is 5.64. The van der Waals surface area contributed by atoms with Crippen LogP contribution in [0.1, 0.15) is 0 Å². The normalized spacial score (nSPS) is 17.1. The summed E-state index contributed by atoms with van der Waals surface area (Å²) in [6.07, 6.45) is -1.18. The van der Waals surface area contributed by atoms with Crippen molar-refractivity contribution < 1.29 is 18.9 Å². The van der Waals surface area contributed by atoms with Crippen molar-refractivity contribution in [3.05, 3.63) is 48.5 Å². The summed E-state index contributed by atoms with van der Waals surface area (Å²) in [4.78, 5) is 0. The fourth-order valence-corrected chi connectivity index (χ4v) is 2.01. The highest BCUT2D eigenvalue weighted by Crippen LogP contribution is 2.40. The Morgan fingerprint density at radius 2 is 1.28 bits per heavy atom. The predicted octanol–water partition coefficient (Wildman–Crippen LogP) is 2.38. The van der Waals surface area contributed by atoms with Crippen LogP contribution in [0, 0.1) is 6.07 Å². The molecule has 18 heavy (non-hydrogen) atoms. The van der Waals surface area contributed by atoms with E-state index in [0.717, 1.165) is 0 Å². The second-order valence-electron chi connectivity index (χ2n) is 4.03. The van der Waals surface area contributed by atoms with E-state index >= 15 is 0 Å². The molecule has 2 aliphatic heterocycles. The highest BCUT2D eigenvalue weighted by molar-refractivity contribution is 5.44. The van der Waals surface area contributed by atoms with E-state index in [0.29, 0.717) is 23.0 Å². The molecule has 0 aromatic heterocycles. The number of ether oxygens (including phenoxy) is 4. The summed E-state index contributed by atoms with van der Waals surface area (Å²) >= 11 is 0. The molecule has 0 spiro atoms. The SMILES string of the molecule is [c]1ccc2c(c1)OC(C1Oc3ccccc3O1)O2. The van der Waals surface area contributed by atoms with Crippen molar-refractivity contribution in [3.63, 3.8) is 0 Å². The molecule has 2 aromatic rings. The third-order valence-electron chi connectivity index (χ3n) is 2.83. The van der Waals surface area contributed by atoms with Gasteiger partial charge in [0.05, 0.1) is 0 Å². The molecule has 0 saturated heterocycles. The van der Waals surface area contributed by atoms with E-state index in [4.69, 9.17) is 18.9 Å². The lowest BCUT2D eigenvalue weighted by atomic mass is 10.3. The molecule has 1 atom stereocenters. The molecule has 0 bridgehead atoms. The van der Waals surface area contributed by atoms with Gasteiger partial charge in [0.1, 0.15) is 0 Å². The number of hydrogen-bond acceptors (Lipinski definition) is 4. The molecule has 0 N–H and O–H groups in total. The molecule has 4 nitrogen and oxygen atoms in total. The summed E-state index contributed by atoms with van der Waals surface area (Å²) in [6, 6.07) is 15.7. The second kappa shape index (κ2) is 3.57. The molecule has 0 saturated carbocycles. The van der Waals surface area contributed by atoms with Gasteiger partial charge in [0.25, 0.3) is 0 Å². The first-order valence-corrected chi connectivity index (χ1v) is 5.66. The molecule has 2 aromatic carbocycles. The van der Waals surface area contributed by atoms with E-state index in [2.05, 4.69) is 6.07 Å². The summed E-state index contributed by atoms with van der Waals surface area (Å²) in [5.74, 6) is 2.75. The van der Waals surface area contributed by atoms with Crippen molar-refractivity contribution in [1.82, 2.24) is 0 Å². The third-order valence-corrected chi connectivity index (χ3v) is 2.83. The van der Waals surface area contributed by atoms with Crippen LogP contribution >= 0.6 is 0 Å². The minimum absolute atomic E-state index is 0.588. The molecule has 4 rings (SSSR count). The maximum Gasteiger partial charge on any atom is 0.316 e. The summed E-state index contributed by atoms with van der Waals surface area (Å²) in [6.45, 7) is 0. The zero-order valence-electron chi connectivity index (χ0n) is 9.33. The number of rotatable bonds is 1. The van der Waals surface area contributed by atoms with Crippen molar-refractivity contribution in [2.24, 2.45) is 0 Å². The minimum atomic E-state index is -0.594. The van der Waals surface area contributed by atoms with E-state index in [1.54, 1.807) is 18.2 Å². The van der Waals surface area contributed by atoms with Gasteiger partial charge in [-0.1, -0.05) is 18.2 Å². The van der Waals surface area contributed by atoms with Crippen molar-refractivity contribution in [3.8, 4) is 23.0 Å². The lowest BCUT2D eigenvalue weighted by Gasteiger charge is -2.16. The van der Waals surface area contributed by atoms with E-state index in [-0.39, 0.29) is 0 Å². The van der Waals surface area contributed by atoms with Crippen LogP contribution in [0.5, 0.6) is 23.0 Å². The maximum absolute atomic E-state index is 5.64. The summed E-state index contributed by atoms with van der Waals surface area (Å²) in [7, 11) is 0. The van der Waals surface area contributed by atoms with Gasteiger partial charge >= 0.3 is 12.6 Å². The van der Waals surface area contributed by atoms with Gasteiger partial charge in [-0.3, -0.25) is 0 Å². The van der Waals surface area contributed by atoms with Crippen LogP contribution in [0.25, 0.3) is 0 Å². The molecule has 1 radical (unpaired) electrons. The zero-order chi connectivity index (χ0) is 11.9. The zero-order valence-corrected chi connectivity index (χ0v) is 9.33. The summed E-state index contributed by atoms with van der Waals surface area (Å²) in [5, 5.41) is 0. The van der Waals surface area contributed by atoms with E-state index in [9.17, 15) is 0 Å². The molecule has 4 heteroatoms. The number of fused-ring (bicyclic) bond motifs is 2. The van der Waals surface area contributed by atoms with E-state index in [1.807, 2.05) is 24.3 Å². The first-order chi connectivity index (χ1) is 8.90. The monoisotopic (exact) mass is 241 g/mol. The van der Waals surface area contributed by atoms with Gasteiger partial charge in [0.15, 0.2) is 23.0 Å². The lowest BCUT2D eigenvalue weighted by molar-refractivity contribution is -0.117. The minimum Gasteiger partial charge on any atom is -0.444 e. The fraction of sp³-hybridized carbons (Fsp3) is 0.143. The average Bonchev–Trinajstić information content (AvgIpc) is 3.02. The van der Waals surface area contributed by atoms with Crippen LogP contribution in [0.15, 0.2) is 42.5 Å². The number of para-hydroxylation sites is 2. The van der Waals surface area contributed by atoms with Gasteiger partial charge in [0.2, 0.25) is 0 Å². The lowest BCUT2D eigenvalue weighted by Crippen LogP contribution is -2.39. The number of hydrogen-bond donors (Lipinski definition) is 0. The Morgan fingerprint density at radius 1 is 0.722 bits per heavy atom. The van der Waals surface area contributed by atoms with Crippen molar-refractivity contribution in [1.29, 1.82) is 0 Å². The highest BCUT2D eigenvalue weighted by atomic mass is 16.8. The first-order valence-electron chi connectivity index (χ1n) is 5.66. The molecule has 0 fully saturated rings. The van der Waals surface area contributed by atoms with Crippen LogP contribution in [-0.4, -0.2) is 12.6 Å². The Bertz CT molecular complexity index is 492. The molecule has 2 aliphatic rings. The van der Waals surface area contributed by atoms with Gasteiger partial charge in [-0.25, -0.2) is 0 Å². The van der Waals surface area contributed by atoms with Crippen molar-refractivity contribution >= 4 is 0 Å². The smallest absolute Gasteiger partial charge is 0.316 e. The number of benzene rings is 2. The van der Waals surface area contributed by atoms with Crippen molar-refractivity contribution in [2.45, 2.75) is 12.6 Å². The molecule has 0 amide bonds. The quantitative estimate of drug-likeness (QED) is 0.768. The summed E-state index contributed by atoms with van der Waals surface area (Å²) < 4.78 is 22.5. The van der Waals surface area contributed by atoms with Crippen molar-refractivity contribution in [2.75, 3.05) is 0 Å². The molecule has 89 valence electrons. The Morgan fingerprint density at radius 3 is 1.89 bits per heavy atom. The first kappa shape index (κ1) is 9.65. The molecule has 0 aliphatic carbocycles. The van der Waals surface area contributed by atoms with Crippen LogP contribution < -0.4 is 18.9 Å². The Balaban J connectivity index is 1.56. The van der Waals surface area contributed by atoms with Crippen LogP contribution in [0.4, 0.5) is 0 Å². The van der Waals surface area contributed by atoms with Gasteiger partial charge in [-0.05, 0) is 30.3 Å². The second-order valence-corrected chi connectivity index (χ2v) is 4.03. The molecule has 2 heterocycles.